The Balaban J connectivity index is 1.33. The Bertz CT molecular complexity index is 853. The number of carbonyl (C=O) groups excluding carboxylic acids is 1. The molecule has 148 valence electrons. The molecule has 0 aromatic heterocycles. The molecule has 6 nitrogen and oxygen atoms in total. The maximum absolute atomic E-state index is 12.7. The molecule has 4 rings (SSSR count). The maximum atomic E-state index is 12.7. The van der Waals surface area contributed by atoms with E-state index in [0.717, 1.165) is 48.3 Å². The molecule has 0 saturated carbocycles. The molecule has 1 amide bonds. The van der Waals surface area contributed by atoms with Gasteiger partial charge in [0.25, 0.3) is 0 Å². The number of hydrogen-bond donors (Lipinski definition) is 1. The van der Waals surface area contributed by atoms with E-state index in [1.165, 1.54) is 0 Å². The Hall–Kier alpha value is -2.44. The molecule has 0 unspecified atom stereocenters. The van der Waals surface area contributed by atoms with Crippen LogP contribution < -0.4 is 19.7 Å². The average Bonchev–Trinajstić information content (AvgIpc) is 2.73. The zero-order valence-electron chi connectivity index (χ0n) is 15.9. The minimum absolute atomic E-state index is 0.0205. The first-order chi connectivity index (χ1) is 13.6. The molecule has 0 aliphatic carbocycles. The van der Waals surface area contributed by atoms with Crippen molar-refractivity contribution in [3.05, 3.63) is 47.5 Å². The second kappa shape index (κ2) is 8.29. The van der Waals surface area contributed by atoms with Crippen molar-refractivity contribution in [2.75, 3.05) is 49.6 Å². The summed E-state index contributed by atoms with van der Waals surface area (Å²) < 4.78 is 11.1. The SMILES string of the molecule is C[C@H](C(=O)Nc1ccc2c(c1)OCCO2)N1CCN(c2cccc(Cl)c2)CC1. The number of fused-ring (bicyclic) bond motifs is 1. The van der Waals surface area contributed by atoms with Crippen molar-refractivity contribution in [2.45, 2.75) is 13.0 Å². The lowest BCUT2D eigenvalue weighted by Gasteiger charge is -2.38. The molecule has 2 aromatic carbocycles. The molecule has 1 atom stereocenters. The minimum Gasteiger partial charge on any atom is -0.486 e. The van der Waals surface area contributed by atoms with Crippen molar-refractivity contribution in [3.63, 3.8) is 0 Å². The Morgan fingerprint density at radius 2 is 1.79 bits per heavy atom. The highest BCUT2D eigenvalue weighted by Gasteiger charge is 2.26. The number of ether oxygens (including phenoxy) is 2. The predicted octanol–water partition coefficient (Wildman–Crippen LogP) is 3.26. The van der Waals surface area contributed by atoms with Crippen LogP contribution in [-0.2, 0) is 4.79 Å². The van der Waals surface area contributed by atoms with Gasteiger partial charge in [-0.15, -0.1) is 0 Å². The number of halogens is 1. The summed E-state index contributed by atoms with van der Waals surface area (Å²) in [4.78, 5) is 17.2. The molecular weight excluding hydrogens is 378 g/mol. The summed E-state index contributed by atoms with van der Waals surface area (Å²) in [6, 6.07) is 13.2. The molecule has 1 N–H and O–H groups in total. The molecular formula is C21H24ClN3O3. The van der Waals surface area contributed by atoms with Crippen molar-refractivity contribution in [3.8, 4) is 11.5 Å². The molecule has 2 aromatic rings. The van der Waals surface area contributed by atoms with Crippen molar-refractivity contribution >= 4 is 28.9 Å². The highest BCUT2D eigenvalue weighted by atomic mass is 35.5. The molecule has 0 spiro atoms. The number of amides is 1. The third-order valence-electron chi connectivity index (χ3n) is 5.22. The first-order valence-electron chi connectivity index (χ1n) is 9.55. The largest absolute Gasteiger partial charge is 0.486 e. The highest BCUT2D eigenvalue weighted by molar-refractivity contribution is 6.30. The van der Waals surface area contributed by atoms with Crippen LogP contribution in [0.5, 0.6) is 11.5 Å². The smallest absolute Gasteiger partial charge is 0.241 e. The Morgan fingerprint density at radius 3 is 2.54 bits per heavy atom. The van der Waals surface area contributed by atoms with Crippen LogP contribution in [0.2, 0.25) is 5.02 Å². The number of rotatable bonds is 4. The number of carbonyl (C=O) groups is 1. The van der Waals surface area contributed by atoms with E-state index >= 15 is 0 Å². The number of piperazine rings is 1. The van der Waals surface area contributed by atoms with Crippen LogP contribution in [0.1, 0.15) is 6.92 Å². The summed E-state index contributed by atoms with van der Waals surface area (Å²) in [5.74, 6) is 1.37. The van der Waals surface area contributed by atoms with Gasteiger partial charge < -0.3 is 19.7 Å². The van der Waals surface area contributed by atoms with Crippen LogP contribution >= 0.6 is 11.6 Å². The molecule has 7 heteroatoms. The predicted molar refractivity (Wildman–Crippen MR) is 111 cm³/mol. The lowest BCUT2D eigenvalue weighted by Crippen LogP contribution is -2.52. The first kappa shape index (κ1) is 18.9. The van der Waals surface area contributed by atoms with Gasteiger partial charge >= 0.3 is 0 Å². The molecule has 28 heavy (non-hydrogen) atoms. The summed E-state index contributed by atoms with van der Waals surface area (Å²) in [5.41, 5.74) is 1.85. The number of benzene rings is 2. The molecule has 2 heterocycles. The van der Waals surface area contributed by atoms with E-state index in [4.69, 9.17) is 21.1 Å². The second-order valence-corrected chi connectivity index (χ2v) is 7.46. The van der Waals surface area contributed by atoms with E-state index in [1.807, 2.05) is 43.3 Å². The maximum Gasteiger partial charge on any atom is 0.241 e. The van der Waals surface area contributed by atoms with Gasteiger partial charge in [-0.1, -0.05) is 17.7 Å². The first-order valence-corrected chi connectivity index (χ1v) is 9.93. The van der Waals surface area contributed by atoms with Gasteiger partial charge in [-0.25, -0.2) is 0 Å². The number of anilines is 2. The molecule has 2 aliphatic heterocycles. The molecule has 0 bridgehead atoms. The zero-order valence-corrected chi connectivity index (χ0v) is 16.6. The van der Waals surface area contributed by atoms with Gasteiger partial charge in [0, 0.05) is 48.6 Å². The van der Waals surface area contributed by atoms with Crippen LogP contribution in [0.15, 0.2) is 42.5 Å². The fourth-order valence-corrected chi connectivity index (χ4v) is 3.76. The molecule has 2 aliphatic rings. The number of nitrogens with one attached hydrogen (secondary N) is 1. The minimum atomic E-state index is -0.213. The van der Waals surface area contributed by atoms with Crippen molar-refractivity contribution in [1.29, 1.82) is 0 Å². The quantitative estimate of drug-likeness (QED) is 0.852. The van der Waals surface area contributed by atoms with Gasteiger partial charge in [-0.3, -0.25) is 9.69 Å². The van der Waals surface area contributed by atoms with E-state index < -0.39 is 0 Å². The van der Waals surface area contributed by atoms with E-state index in [2.05, 4.69) is 21.2 Å². The Morgan fingerprint density at radius 1 is 1.04 bits per heavy atom. The third kappa shape index (κ3) is 4.18. The third-order valence-corrected chi connectivity index (χ3v) is 5.46. The topological polar surface area (TPSA) is 54.0 Å². The van der Waals surface area contributed by atoms with Gasteiger partial charge in [-0.2, -0.15) is 0 Å². The van der Waals surface area contributed by atoms with Crippen LogP contribution in [0.25, 0.3) is 0 Å². The van der Waals surface area contributed by atoms with Crippen molar-refractivity contribution in [2.24, 2.45) is 0 Å². The van der Waals surface area contributed by atoms with Crippen LogP contribution in [0, 0.1) is 0 Å². The normalized spacial score (nSPS) is 17.9. The summed E-state index contributed by atoms with van der Waals surface area (Å²) in [6.07, 6.45) is 0. The molecule has 0 radical (unpaired) electrons. The molecule has 1 saturated heterocycles. The van der Waals surface area contributed by atoms with Gasteiger partial charge in [0.2, 0.25) is 5.91 Å². The lowest BCUT2D eigenvalue weighted by molar-refractivity contribution is -0.120. The standard InChI is InChI=1S/C21H24ClN3O3/c1-15(21(26)23-17-5-6-19-20(14-17)28-12-11-27-19)24-7-9-25(10-8-24)18-4-2-3-16(22)13-18/h2-6,13-15H,7-12H2,1H3,(H,23,26)/t15-/m1/s1. The lowest BCUT2D eigenvalue weighted by atomic mass is 10.2. The zero-order chi connectivity index (χ0) is 19.5. The summed E-state index contributed by atoms with van der Waals surface area (Å²) >= 11 is 6.10. The number of hydrogen-bond acceptors (Lipinski definition) is 5. The highest BCUT2D eigenvalue weighted by Crippen LogP contribution is 2.32. The van der Waals surface area contributed by atoms with Crippen LogP contribution in [0.4, 0.5) is 11.4 Å². The van der Waals surface area contributed by atoms with Gasteiger partial charge in [-0.05, 0) is 37.3 Å². The number of nitrogens with zero attached hydrogens (tertiary/aromatic N) is 2. The van der Waals surface area contributed by atoms with Crippen LogP contribution in [0.3, 0.4) is 0 Å². The van der Waals surface area contributed by atoms with E-state index in [1.54, 1.807) is 0 Å². The van der Waals surface area contributed by atoms with Gasteiger partial charge in [0.05, 0.1) is 6.04 Å². The summed E-state index contributed by atoms with van der Waals surface area (Å²) in [6.45, 7) is 6.39. The average molecular weight is 402 g/mol. The van der Waals surface area contributed by atoms with Crippen LogP contribution in [-0.4, -0.2) is 56.2 Å². The Labute approximate surface area is 170 Å². The van der Waals surface area contributed by atoms with E-state index in [9.17, 15) is 4.79 Å². The summed E-state index contributed by atoms with van der Waals surface area (Å²) in [7, 11) is 0. The summed E-state index contributed by atoms with van der Waals surface area (Å²) in [5, 5.41) is 3.73. The van der Waals surface area contributed by atoms with Crippen molar-refractivity contribution < 1.29 is 14.3 Å². The van der Waals surface area contributed by atoms with Gasteiger partial charge in [0.15, 0.2) is 11.5 Å². The fraction of sp³-hybridized carbons (Fsp3) is 0.381. The molecule has 1 fully saturated rings. The second-order valence-electron chi connectivity index (χ2n) is 7.03. The Kier molecular flexibility index (Phi) is 5.59. The fourth-order valence-electron chi connectivity index (χ4n) is 3.57. The van der Waals surface area contributed by atoms with E-state index in [-0.39, 0.29) is 11.9 Å². The monoisotopic (exact) mass is 401 g/mol. The van der Waals surface area contributed by atoms with Crippen molar-refractivity contribution in [1.82, 2.24) is 4.90 Å². The van der Waals surface area contributed by atoms with Gasteiger partial charge in [0.1, 0.15) is 13.2 Å². The van der Waals surface area contributed by atoms with E-state index in [0.29, 0.717) is 19.0 Å².